The number of ether oxygens (including phenoxy) is 3. The maximum atomic E-state index is 11.8. The lowest BCUT2D eigenvalue weighted by atomic mass is 10.1. The van der Waals surface area contributed by atoms with Crippen LogP contribution >= 0.6 is 11.6 Å². The molecular formula is C14H14ClNO4. The Labute approximate surface area is 121 Å². The second-order valence-electron chi connectivity index (χ2n) is 3.93. The van der Waals surface area contributed by atoms with Gasteiger partial charge in [-0.25, -0.2) is 4.79 Å². The Bertz CT molecular complexity index is 657. The van der Waals surface area contributed by atoms with Gasteiger partial charge in [-0.05, 0) is 13.0 Å². The predicted molar refractivity (Wildman–Crippen MR) is 75.8 cm³/mol. The highest BCUT2D eigenvalue weighted by Gasteiger charge is 2.17. The van der Waals surface area contributed by atoms with E-state index in [1.807, 2.05) is 0 Å². The summed E-state index contributed by atoms with van der Waals surface area (Å²) in [5, 5.41) is 0.893. The van der Waals surface area contributed by atoms with Crippen LogP contribution in [-0.2, 0) is 4.74 Å². The van der Waals surface area contributed by atoms with Gasteiger partial charge in [0.25, 0.3) is 0 Å². The summed E-state index contributed by atoms with van der Waals surface area (Å²) in [6.07, 6.45) is 1.40. The summed E-state index contributed by atoms with van der Waals surface area (Å²) in [7, 11) is 3.07. The van der Waals surface area contributed by atoms with Crippen LogP contribution in [-0.4, -0.2) is 31.8 Å². The van der Waals surface area contributed by atoms with Crippen LogP contribution in [0.15, 0.2) is 18.3 Å². The molecule has 106 valence electrons. The molecule has 20 heavy (non-hydrogen) atoms. The first-order chi connectivity index (χ1) is 9.62. The van der Waals surface area contributed by atoms with Gasteiger partial charge < -0.3 is 14.2 Å². The lowest BCUT2D eigenvalue weighted by molar-refractivity contribution is 0.0526. The molecule has 0 N–H and O–H groups in total. The highest BCUT2D eigenvalue weighted by Crippen LogP contribution is 2.35. The van der Waals surface area contributed by atoms with Crippen LogP contribution in [0.3, 0.4) is 0 Å². The molecule has 5 nitrogen and oxygen atoms in total. The molecule has 0 atom stereocenters. The van der Waals surface area contributed by atoms with Gasteiger partial charge in [0, 0.05) is 17.6 Å². The number of hydrogen-bond donors (Lipinski definition) is 0. The van der Waals surface area contributed by atoms with Crippen molar-refractivity contribution in [3.05, 3.63) is 28.9 Å². The van der Waals surface area contributed by atoms with Crippen molar-refractivity contribution in [3.63, 3.8) is 0 Å². The Hall–Kier alpha value is -2.01. The molecule has 0 aliphatic carbocycles. The Balaban J connectivity index is 2.63. The third-order valence-corrected chi connectivity index (χ3v) is 3.21. The summed E-state index contributed by atoms with van der Waals surface area (Å²) in [5.41, 5.74) is 0.842. The van der Waals surface area contributed by atoms with E-state index in [0.29, 0.717) is 22.4 Å². The molecule has 0 aliphatic rings. The van der Waals surface area contributed by atoms with Gasteiger partial charge in [-0.3, -0.25) is 4.98 Å². The van der Waals surface area contributed by atoms with E-state index in [9.17, 15) is 4.79 Å². The van der Waals surface area contributed by atoms with Crippen molar-refractivity contribution < 1.29 is 19.0 Å². The molecule has 0 radical (unpaired) electrons. The van der Waals surface area contributed by atoms with Crippen LogP contribution in [0.1, 0.15) is 17.3 Å². The highest BCUT2D eigenvalue weighted by atomic mass is 35.5. The number of halogens is 1. The zero-order valence-electron chi connectivity index (χ0n) is 11.4. The van der Waals surface area contributed by atoms with Crippen molar-refractivity contribution in [3.8, 4) is 11.5 Å². The minimum absolute atomic E-state index is 0.230. The first-order valence-corrected chi connectivity index (χ1v) is 6.37. The minimum Gasteiger partial charge on any atom is -0.493 e. The Morgan fingerprint density at radius 1 is 1.25 bits per heavy atom. The molecule has 1 aromatic heterocycles. The monoisotopic (exact) mass is 295 g/mol. The van der Waals surface area contributed by atoms with Crippen LogP contribution in [0.25, 0.3) is 10.9 Å². The largest absolute Gasteiger partial charge is 0.493 e. The number of benzene rings is 1. The van der Waals surface area contributed by atoms with Crippen LogP contribution in [0.5, 0.6) is 11.5 Å². The third kappa shape index (κ3) is 2.49. The second-order valence-corrected chi connectivity index (χ2v) is 4.31. The van der Waals surface area contributed by atoms with Crippen LogP contribution in [0, 0.1) is 0 Å². The quantitative estimate of drug-likeness (QED) is 0.811. The van der Waals surface area contributed by atoms with Crippen molar-refractivity contribution in [1.82, 2.24) is 4.98 Å². The summed E-state index contributed by atoms with van der Waals surface area (Å²) in [4.78, 5) is 16.0. The number of pyridine rings is 1. The molecule has 2 aromatic rings. The van der Waals surface area contributed by atoms with E-state index >= 15 is 0 Å². The predicted octanol–water partition coefficient (Wildman–Crippen LogP) is 3.08. The molecule has 0 amide bonds. The van der Waals surface area contributed by atoms with Gasteiger partial charge in [0.1, 0.15) is 0 Å². The topological polar surface area (TPSA) is 57.7 Å². The van der Waals surface area contributed by atoms with E-state index in [2.05, 4.69) is 4.98 Å². The van der Waals surface area contributed by atoms with Crippen molar-refractivity contribution in [2.24, 2.45) is 0 Å². The van der Waals surface area contributed by atoms with E-state index in [1.165, 1.54) is 20.4 Å². The average molecular weight is 296 g/mol. The molecule has 0 fully saturated rings. The van der Waals surface area contributed by atoms with Gasteiger partial charge >= 0.3 is 5.97 Å². The van der Waals surface area contributed by atoms with Gasteiger partial charge in [-0.15, -0.1) is 0 Å². The Morgan fingerprint density at radius 3 is 2.50 bits per heavy atom. The fourth-order valence-electron chi connectivity index (χ4n) is 1.84. The molecule has 0 saturated heterocycles. The van der Waals surface area contributed by atoms with E-state index in [1.54, 1.807) is 19.1 Å². The van der Waals surface area contributed by atoms with E-state index in [-0.39, 0.29) is 17.2 Å². The Kier molecular flexibility index (Phi) is 4.29. The van der Waals surface area contributed by atoms with Crippen molar-refractivity contribution >= 4 is 28.5 Å². The van der Waals surface area contributed by atoms with Gasteiger partial charge in [0.15, 0.2) is 11.5 Å². The molecule has 1 aromatic carbocycles. The summed E-state index contributed by atoms with van der Waals surface area (Å²) in [5.74, 6) is 0.568. The number of aromatic nitrogens is 1. The van der Waals surface area contributed by atoms with Crippen molar-refractivity contribution in [2.45, 2.75) is 6.92 Å². The molecule has 2 rings (SSSR count). The number of carbonyl (C=O) groups excluding carboxylic acids is 1. The highest BCUT2D eigenvalue weighted by molar-refractivity contribution is 6.38. The van der Waals surface area contributed by atoms with Gasteiger partial charge in [0.2, 0.25) is 0 Å². The third-order valence-electron chi connectivity index (χ3n) is 2.80. The first-order valence-electron chi connectivity index (χ1n) is 5.99. The number of fused-ring (bicyclic) bond motifs is 1. The van der Waals surface area contributed by atoms with Gasteiger partial charge in [0.05, 0.1) is 36.9 Å². The lowest BCUT2D eigenvalue weighted by Crippen LogP contribution is -2.06. The zero-order chi connectivity index (χ0) is 14.7. The fourth-order valence-corrected chi connectivity index (χ4v) is 2.12. The molecule has 1 heterocycles. The first kappa shape index (κ1) is 14.4. The summed E-state index contributed by atoms with van der Waals surface area (Å²) in [6, 6.07) is 3.39. The molecule has 6 heteroatoms. The second kappa shape index (κ2) is 5.96. The van der Waals surface area contributed by atoms with Gasteiger partial charge in [-0.2, -0.15) is 0 Å². The van der Waals surface area contributed by atoms with Crippen LogP contribution in [0.4, 0.5) is 0 Å². The summed E-state index contributed by atoms with van der Waals surface area (Å²) < 4.78 is 15.4. The van der Waals surface area contributed by atoms with Crippen molar-refractivity contribution in [2.75, 3.05) is 20.8 Å². The summed E-state index contributed by atoms with van der Waals surface area (Å²) >= 11 is 6.26. The molecule has 0 unspecified atom stereocenters. The number of rotatable bonds is 4. The smallest absolute Gasteiger partial charge is 0.341 e. The fraction of sp³-hybridized carbons (Fsp3) is 0.286. The molecular weight excluding hydrogens is 282 g/mol. The van der Waals surface area contributed by atoms with E-state index in [4.69, 9.17) is 25.8 Å². The normalized spacial score (nSPS) is 10.4. The molecule has 0 aliphatic heterocycles. The standard InChI is InChI=1S/C14H14ClNO4/c1-4-20-14(17)9-7-16-10-6-12(19-3)11(18-2)5-8(10)13(9)15/h5-7H,4H2,1-3H3. The maximum Gasteiger partial charge on any atom is 0.341 e. The molecule has 0 spiro atoms. The van der Waals surface area contributed by atoms with Gasteiger partial charge in [-0.1, -0.05) is 11.6 Å². The number of hydrogen-bond acceptors (Lipinski definition) is 5. The van der Waals surface area contributed by atoms with Crippen LogP contribution in [0.2, 0.25) is 5.02 Å². The maximum absolute atomic E-state index is 11.8. The van der Waals surface area contributed by atoms with Crippen molar-refractivity contribution in [1.29, 1.82) is 0 Å². The number of esters is 1. The number of methoxy groups -OCH3 is 2. The Morgan fingerprint density at radius 2 is 1.90 bits per heavy atom. The summed E-state index contributed by atoms with van der Waals surface area (Å²) in [6.45, 7) is 2.01. The van der Waals surface area contributed by atoms with E-state index in [0.717, 1.165) is 0 Å². The number of carbonyl (C=O) groups is 1. The molecule has 0 saturated carbocycles. The molecule has 0 bridgehead atoms. The number of nitrogens with zero attached hydrogens (tertiary/aromatic N) is 1. The van der Waals surface area contributed by atoms with E-state index < -0.39 is 5.97 Å². The zero-order valence-corrected chi connectivity index (χ0v) is 12.2. The average Bonchev–Trinajstić information content (AvgIpc) is 2.46. The van der Waals surface area contributed by atoms with Crippen LogP contribution < -0.4 is 9.47 Å². The SMILES string of the molecule is CCOC(=O)c1cnc2cc(OC)c(OC)cc2c1Cl. The minimum atomic E-state index is -0.498. The lowest BCUT2D eigenvalue weighted by Gasteiger charge is -2.11.